The summed E-state index contributed by atoms with van der Waals surface area (Å²) < 4.78 is 12.3. The van der Waals surface area contributed by atoms with E-state index in [0.717, 1.165) is 40.9 Å². The minimum Gasteiger partial charge on any atom is -0.464 e. The van der Waals surface area contributed by atoms with Crippen molar-refractivity contribution in [3.63, 3.8) is 0 Å². The van der Waals surface area contributed by atoms with E-state index in [0.29, 0.717) is 24.5 Å². The van der Waals surface area contributed by atoms with E-state index in [1.54, 1.807) is 0 Å². The number of halogens is 1. The van der Waals surface area contributed by atoms with Gasteiger partial charge in [0.1, 0.15) is 31.2 Å². The number of carbonyl (C=O) groups excluding carboxylic acids is 2. The fraction of sp³-hybridized carbons (Fsp3) is 0.419. The first-order chi connectivity index (χ1) is 24.5. The van der Waals surface area contributed by atoms with Gasteiger partial charge in [-0.05, 0) is 48.1 Å². The van der Waals surface area contributed by atoms with Crippen LogP contribution in [0, 0.1) is 20.2 Å². The molecule has 0 aliphatic rings. The van der Waals surface area contributed by atoms with Crippen LogP contribution >= 0.6 is 11.6 Å². The molecule has 0 radical (unpaired) electrons. The van der Waals surface area contributed by atoms with Gasteiger partial charge in [-0.2, -0.15) is 5.21 Å². The molecule has 0 saturated carbocycles. The Morgan fingerprint density at radius 1 is 1.02 bits per heavy atom. The van der Waals surface area contributed by atoms with Gasteiger partial charge < -0.3 is 29.0 Å². The Bertz CT molecular complexity index is 1770. The number of aromatic amines is 1. The van der Waals surface area contributed by atoms with Crippen molar-refractivity contribution in [3.05, 3.63) is 91.0 Å². The molecule has 0 saturated heterocycles. The normalized spacial score (nSPS) is 12.1. The van der Waals surface area contributed by atoms with Gasteiger partial charge in [0.15, 0.2) is 5.15 Å². The third-order valence-electron chi connectivity index (χ3n) is 7.59. The lowest BCUT2D eigenvalue weighted by molar-refractivity contribution is -0.798. The quantitative estimate of drug-likeness (QED) is 0.0551. The molecular weight excluding hydrogens is 694 g/mol. The van der Waals surface area contributed by atoms with E-state index in [1.165, 1.54) is 6.92 Å². The molecule has 0 spiro atoms. The first-order valence-corrected chi connectivity index (χ1v) is 16.3. The third kappa shape index (κ3) is 11.3. The summed E-state index contributed by atoms with van der Waals surface area (Å²) in [6, 6.07) is 15.7. The molecule has 2 N–H and O–H groups in total. The first kappa shape index (κ1) is 38.0. The molecule has 20 heteroatoms. The summed E-state index contributed by atoms with van der Waals surface area (Å²) in [5.41, 5.74) is 4.16. The molecule has 0 fully saturated rings. The van der Waals surface area contributed by atoms with Gasteiger partial charge in [0.25, 0.3) is 10.2 Å². The zero-order valence-electron chi connectivity index (χ0n) is 27.7. The number of rotatable bonds is 20. The topological polar surface area (TPSA) is 242 Å². The molecule has 0 aliphatic heterocycles. The predicted molar refractivity (Wildman–Crippen MR) is 178 cm³/mol. The van der Waals surface area contributed by atoms with E-state index in [2.05, 4.69) is 47.5 Å². The van der Waals surface area contributed by atoms with Crippen molar-refractivity contribution in [2.45, 2.75) is 71.3 Å². The van der Waals surface area contributed by atoms with Crippen LogP contribution in [0.2, 0.25) is 5.15 Å². The summed E-state index contributed by atoms with van der Waals surface area (Å²) in [5, 5.41) is 35.9. The fourth-order valence-corrected chi connectivity index (χ4v) is 5.33. The van der Waals surface area contributed by atoms with Crippen molar-refractivity contribution >= 4 is 23.7 Å². The largest absolute Gasteiger partial charge is 0.464 e. The SMILES string of the molecule is CCCCc1nc(Cl)c(COC(=O)NCC(=O)OCCCC(O[N+](=O)[O-])C(C)O[N+](=O)[O-])n1Cc1ccc(-c2ccccc2-c2nn[nH]n2)cc1. The maximum absolute atomic E-state index is 12.5. The van der Waals surface area contributed by atoms with Crippen molar-refractivity contribution in [2.24, 2.45) is 0 Å². The molecule has 51 heavy (non-hydrogen) atoms. The van der Waals surface area contributed by atoms with Gasteiger partial charge in [0, 0.05) is 18.5 Å². The molecule has 2 aromatic heterocycles. The lowest BCUT2D eigenvalue weighted by Crippen LogP contribution is -2.33. The molecule has 2 heterocycles. The lowest BCUT2D eigenvalue weighted by atomic mass is 9.98. The van der Waals surface area contributed by atoms with Crippen LogP contribution in [0.3, 0.4) is 0 Å². The van der Waals surface area contributed by atoms with Crippen LogP contribution in [0.5, 0.6) is 0 Å². The van der Waals surface area contributed by atoms with Crippen molar-refractivity contribution < 1.29 is 38.9 Å². The van der Waals surface area contributed by atoms with Gasteiger partial charge in [0.05, 0.1) is 12.3 Å². The highest BCUT2D eigenvalue weighted by Crippen LogP contribution is 2.30. The lowest BCUT2D eigenvalue weighted by Gasteiger charge is -2.20. The van der Waals surface area contributed by atoms with E-state index in [4.69, 9.17) is 21.1 Å². The summed E-state index contributed by atoms with van der Waals surface area (Å²) in [4.78, 5) is 59.1. The number of unbranched alkanes of at least 4 members (excludes halogenated alkanes) is 1. The van der Waals surface area contributed by atoms with Crippen LogP contribution in [0.1, 0.15) is 56.6 Å². The number of benzene rings is 2. The highest BCUT2D eigenvalue weighted by molar-refractivity contribution is 6.30. The molecule has 0 bridgehead atoms. The van der Waals surface area contributed by atoms with Crippen molar-refractivity contribution in [2.75, 3.05) is 13.2 Å². The van der Waals surface area contributed by atoms with E-state index >= 15 is 0 Å². The minimum atomic E-state index is -1.26. The highest BCUT2D eigenvalue weighted by Gasteiger charge is 2.25. The Morgan fingerprint density at radius 2 is 1.75 bits per heavy atom. The predicted octanol–water partition coefficient (Wildman–Crippen LogP) is 4.50. The second-order valence-corrected chi connectivity index (χ2v) is 11.5. The van der Waals surface area contributed by atoms with Crippen LogP contribution in [0.15, 0.2) is 48.5 Å². The first-order valence-electron chi connectivity index (χ1n) is 15.9. The van der Waals surface area contributed by atoms with Crippen LogP contribution in [0.4, 0.5) is 4.79 Å². The number of alkyl carbamates (subject to hydrolysis) is 1. The molecule has 272 valence electrons. The maximum atomic E-state index is 12.5. The number of aryl methyl sites for hydroxylation is 1. The smallest absolute Gasteiger partial charge is 0.408 e. The Labute approximate surface area is 295 Å². The monoisotopic (exact) mass is 729 g/mol. The second kappa shape index (κ2) is 18.8. The van der Waals surface area contributed by atoms with E-state index < -0.39 is 41.0 Å². The minimum absolute atomic E-state index is 0.0687. The number of hydrogen-bond acceptors (Lipinski definition) is 14. The summed E-state index contributed by atoms with van der Waals surface area (Å²) >= 11 is 6.52. The number of ether oxygens (including phenoxy) is 2. The number of aromatic nitrogens is 6. The molecular formula is C31H36ClN9O10. The highest BCUT2D eigenvalue weighted by atomic mass is 35.5. The third-order valence-corrected chi connectivity index (χ3v) is 7.89. The van der Waals surface area contributed by atoms with Crippen LogP contribution in [0.25, 0.3) is 22.5 Å². The zero-order valence-corrected chi connectivity index (χ0v) is 28.5. The molecule has 4 aromatic rings. The number of amides is 1. The Kier molecular flexibility index (Phi) is 14.0. The number of nitrogens with one attached hydrogen (secondary N) is 2. The van der Waals surface area contributed by atoms with Crippen molar-refractivity contribution in [1.82, 2.24) is 35.5 Å². The molecule has 0 aliphatic carbocycles. The summed E-state index contributed by atoms with van der Waals surface area (Å²) in [7, 11) is 0. The number of esters is 1. The molecule has 19 nitrogen and oxygen atoms in total. The molecule has 2 unspecified atom stereocenters. The second-order valence-electron chi connectivity index (χ2n) is 11.1. The molecule has 1 amide bonds. The number of carbonyl (C=O) groups is 2. The van der Waals surface area contributed by atoms with E-state index in [1.807, 2.05) is 53.1 Å². The zero-order chi connectivity index (χ0) is 36.8. The number of tetrazole rings is 1. The summed E-state index contributed by atoms with van der Waals surface area (Å²) in [6.07, 6.45) is -0.936. The van der Waals surface area contributed by atoms with E-state index in [-0.39, 0.29) is 31.2 Å². The Morgan fingerprint density at radius 3 is 2.41 bits per heavy atom. The average molecular weight is 730 g/mol. The molecule has 4 rings (SSSR count). The average Bonchev–Trinajstić information content (AvgIpc) is 3.74. The number of H-pyrrole nitrogens is 1. The number of nitrogens with zero attached hydrogens (tertiary/aromatic N) is 7. The van der Waals surface area contributed by atoms with Crippen LogP contribution in [-0.4, -0.2) is 77.8 Å². The van der Waals surface area contributed by atoms with Gasteiger partial charge in [0.2, 0.25) is 5.82 Å². The molecule has 2 atom stereocenters. The van der Waals surface area contributed by atoms with E-state index in [9.17, 15) is 29.8 Å². The maximum Gasteiger partial charge on any atom is 0.408 e. The van der Waals surface area contributed by atoms with Crippen molar-refractivity contribution in [3.8, 4) is 22.5 Å². The van der Waals surface area contributed by atoms with Crippen LogP contribution < -0.4 is 5.32 Å². The Balaban J connectivity index is 1.32. The van der Waals surface area contributed by atoms with Gasteiger partial charge in [-0.15, -0.1) is 30.4 Å². The molecule has 2 aromatic carbocycles. The van der Waals surface area contributed by atoms with Crippen molar-refractivity contribution in [1.29, 1.82) is 0 Å². The summed E-state index contributed by atoms with van der Waals surface area (Å²) in [5.74, 6) is 0.419. The summed E-state index contributed by atoms with van der Waals surface area (Å²) in [6.45, 7) is 2.77. The van der Waals surface area contributed by atoms with Gasteiger partial charge in [-0.3, -0.25) is 4.79 Å². The van der Waals surface area contributed by atoms with Gasteiger partial charge in [-0.25, -0.2) is 9.78 Å². The van der Waals surface area contributed by atoms with Gasteiger partial charge >= 0.3 is 12.1 Å². The Hall–Kier alpha value is -5.85. The number of hydrogen-bond donors (Lipinski definition) is 2. The standard InChI is InChI=1S/C31H36ClN9O10/c1-3-4-11-27-34-29(32)25(19-49-31(43)33-17-28(42)48-16-7-10-26(51-41(46)47)20(2)50-40(44)45)39(27)18-21-12-14-22(15-13-21)23-8-5-6-9-24(23)30-35-37-38-36-30/h5-6,8-9,12-15,20,26H,3-4,7,10-11,16-19H2,1-2H3,(H,33,43)(H,35,36,37,38). The number of imidazole rings is 1. The fourth-order valence-electron chi connectivity index (χ4n) is 5.07. The van der Waals surface area contributed by atoms with Gasteiger partial charge in [-0.1, -0.05) is 73.5 Å². The van der Waals surface area contributed by atoms with Crippen LogP contribution in [-0.2, 0) is 43.5 Å².